The van der Waals surface area contributed by atoms with Gasteiger partial charge in [-0.25, -0.2) is 4.57 Å². The van der Waals surface area contributed by atoms with Gasteiger partial charge in [0.15, 0.2) is 6.10 Å². The second-order valence-corrected chi connectivity index (χ2v) is 28.0. The van der Waals surface area contributed by atoms with Crippen molar-refractivity contribution in [1.82, 2.24) is 0 Å². The lowest BCUT2D eigenvalue weighted by atomic mass is 10.0. The first-order chi connectivity index (χ1) is 43.8. The number of esters is 2. The highest BCUT2D eigenvalue weighted by Gasteiger charge is 2.26. The molecule has 0 aromatic heterocycles. The molecule has 0 bridgehead atoms. The van der Waals surface area contributed by atoms with Gasteiger partial charge in [-0.1, -0.05) is 371 Å². The van der Waals surface area contributed by atoms with Crippen molar-refractivity contribution in [2.24, 2.45) is 5.73 Å². The summed E-state index contributed by atoms with van der Waals surface area (Å²) in [5.41, 5.74) is 5.41. The molecule has 0 heterocycles. The number of phosphoric acid groups is 1. The van der Waals surface area contributed by atoms with E-state index in [9.17, 15) is 19.0 Å². The molecule has 0 saturated heterocycles. The lowest BCUT2D eigenvalue weighted by Crippen LogP contribution is -2.29. The monoisotopic (exact) mass is 1270 g/mol. The lowest BCUT2D eigenvalue weighted by molar-refractivity contribution is -0.161. The number of unbranched alkanes of at least 4 members (excludes halogenated alkanes) is 54. The Hall–Kier alpha value is -2.03. The Bertz CT molecular complexity index is 1600. The molecule has 0 rings (SSSR count). The summed E-state index contributed by atoms with van der Waals surface area (Å²) in [7, 11) is -4.39. The summed E-state index contributed by atoms with van der Waals surface area (Å²) in [6, 6.07) is 0. The van der Waals surface area contributed by atoms with Gasteiger partial charge in [-0.3, -0.25) is 18.6 Å². The van der Waals surface area contributed by atoms with E-state index in [-0.39, 0.29) is 38.6 Å². The molecule has 0 fully saturated rings. The van der Waals surface area contributed by atoms with Crippen molar-refractivity contribution in [2.45, 2.75) is 418 Å². The molecule has 524 valence electrons. The number of allylic oxidation sites excluding steroid dienone is 8. The van der Waals surface area contributed by atoms with Crippen LogP contribution in [0.5, 0.6) is 0 Å². The van der Waals surface area contributed by atoms with Gasteiger partial charge in [0.25, 0.3) is 0 Å². The smallest absolute Gasteiger partial charge is 0.462 e. The molecule has 2 unspecified atom stereocenters. The summed E-state index contributed by atoms with van der Waals surface area (Å²) in [4.78, 5) is 35.4. The summed E-state index contributed by atoms with van der Waals surface area (Å²) in [6.45, 7) is 3.80. The maximum absolute atomic E-state index is 12.8. The largest absolute Gasteiger partial charge is 0.472 e. The standard InChI is InChI=1S/C79H150NO8P/c1-3-5-7-9-11-13-15-17-19-21-23-25-27-29-31-33-34-35-36-37-38-39-40-41-42-44-45-47-49-51-53-55-57-59-61-63-65-67-69-71-78(81)85-75-77(76-87-89(83,84)86-74-73-80)88-79(82)72-70-68-66-64-62-60-58-56-54-52-50-48-46-43-32-30-28-26-24-22-20-18-16-14-12-10-8-6-4-2/h16,18,21-24,28,30,77H,3-15,17,19-20,25-27,29,31-76,80H2,1-2H3,(H,83,84)/b18-16-,23-21-,24-22-,30-28-. The van der Waals surface area contributed by atoms with Crippen LogP contribution in [0.25, 0.3) is 0 Å². The Morgan fingerprint density at radius 1 is 0.337 bits per heavy atom. The number of hydrogen-bond acceptors (Lipinski definition) is 8. The molecule has 0 aliphatic heterocycles. The number of carbonyl (C=O) groups excluding carboxylic acids is 2. The topological polar surface area (TPSA) is 134 Å². The predicted molar refractivity (Wildman–Crippen MR) is 386 cm³/mol. The van der Waals surface area contributed by atoms with E-state index >= 15 is 0 Å². The van der Waals surface area contributed by atoms with E-state index in [4.69, 9.17) is 24.3 Å². The molecule has 0 radical (unpaired) electrons. The fraction of sp³-hybridized carbons (Fsp3) is 0.873. The predicted octanol–water partition coefficient (Wildman–Crippen LogP) is 26.0. The molecule has 0 aliphatic carbocycles. The molecule has 2 atom stereocenters. The van der Waals surface area contributed by atoms with Crippen LogP contribution in [-0.2, 0) is 32.7 Å². The highest BCUT2D eigenvalue weighted by Crippen LogP contribution is 2.43. The molecule has 0 saturated carbocycles. The summed E-state index contributed by atoms with van der Waals surface area (Å²) in [5, 5.41) is 0. The van der Waals surface area contributed by atoms with Gasteiger partial charge < -0.3 is 20.1 Å². The van der Waals surface area contributed by atoms with Crippen molar-refractivity contribution in [3.05, 3.63) is 48.6 Å². The molecule has 9 nitrogen and oxygen atoms in total. The zero-order valence-corrected chi connectivity index (χ0v) is 60.1. The summed E-state index contributed by atoms with van der Waals surface area (Å²) >= 11 is 0. The van der Waals surface area contributed by atoms with Crippen LogP contribution >= 0.6 is 7.82 Å². The molecule has 0 spiro atoms. The third-order valence-electron chi connectivity index (χ3n) is 17.7. The Kier molecular flexibility index (Phi) is 73.3. The molecule has 0 aromatic carbocycles. The number of nitrogens with two attached hydrogens (primary N) is 1. The minimum Gasteiger partial charge on any atom is -0.462 e. The van der Waals surface area contributed by atoms with Gasteiger partial charge in [-0.05, 0) is 77.0 Å². The molecule has 0 aliphatic rings. The van der Waals surface area contributed by atoms with Crippen LogP contribution in [0.4, 0.5) is 0 Å². The van der Waals surface area contributed by atoms with Crippen molar-refractivity contribution in [3.8, 4) is 0 Å². The first-order valence-electron chi connectivity index (χ1n) is 39.1. The first-order valence-corrected chi connectivity index (χ1v) is 40.6. The van der Waals surface area contributed by atoms with E-state index in [1.807, 2.05) is 0 Å². The van der Waals surface area contributed by atoms with Crippen molar-refractivity contribution < 1.29 is 37.6 Å². The molecule has 89 heavy (non-hydrogen) atoms. The SMILES string of the molecule is CCCCCCC/C=C\C/C=C\C/C=C\CCCCCCCCCCCCCCCCC(=O)OC(COC(=O)CCCCCCCCCCCCCCCCCCCCCCCCCCCCC/C=C\CCCCCCCCCC)COP(=O)(O)OCCN. The van der Waals surface area contributed by atoms with Crippen LogP contribution < -0.4 is 5.73 Å². The number of hydrogen-bond donors (Lipinski definition) is 2. The number of rotatable bonds is 75. The normalized spacial score (nSPS) is 13.1. The summed E-state index contributed by atoms with van der Waals surface area (Å²) in [5.74, 6) is -0.807. The van der Waals surface area contributed by atoms with E-state index in [2.05, 4.69) is 62.5 Å². The molecule has 0 aromatic rings. The summed E-state index contributed by atoms with van der Waals surface area (Å²) in [6.07, 6.45) is 96.8. The van der Waals surface area contributed by atoms with Crippen molar-refractivity contribution in [2.75, 3.05) is 26.4 Å². The maximum atomic E-state index is 12.8. The molecule has 3 N–H and O–H groups in total. The highest BCUT2D eigenvalue weighted by molar-refractivity contribution is 7.47. The van der Waals surface area contributed by atoms with Gasteiger partial charge in [0, 0.05) is 19.4 Å². The van der Waals surface area contributed by atoms with Gasteiger partial charge in [0.1, 0.15) is 6.61 Å². The van der Waals surface area contributed by atoms with Crippen molar-refractivity contribution in [1.29, 1.82) is 0 Å². The zero-order chi connectivity index (χ0) is 64.4. The Morgan fingerprint density at radius 2 is 0.584 bits per heavy atom. The Balaban J connectivity index is 3.76. The number of carbonyl (C=O) groups is 2. The number of ether oxygens (including phenoxy) is 2. The van der Waals surface area contributed by atoms with E-state index in [0.717, 1.165) is 51.4 Å². The zero-order valence-electron chi connectivity index (χ0n) is 59.2. The molecular weight excluding hydrogens is 1120 g/mol. The molecule has 10 heteroatoms. The van der Waals surface area contributed by atoms with Crippen LogP contribution in [0.3, 0.4) is 0 Å². The lowest BCUT2D eigenvalue weighted by Gasteiger charge is -2.19. The van der Waals surface area contributed by atoms with E-state index in [1.54, 1.807) is 0 Å². The Morgan fingerprint density at radius 3 is 0.876 bits per heavy atom. The van der Waals surface area contributed by atoms with Crippen LogP contribution in [0.2, 0.25) is 0 Å². The third-order valence-corrected chi connectivity index (χ3v) is 18.7. The fourth-order valence-electron chi connectivity index (χ4n) is 11.9. The van der Waals surface area contributed by atoms with Crippen LogP contribution in [0.1, 0.15) is 412 Å². The van der Waals surface area contributed by atoms with E-state index in [1.165, 1.54) is 327 Å². The van der Waals surface area contributed by atoms with Crippen molar-refractivity contribution >= 4 is 19.8 Å². The third kappa shape index (κ3) is 74.9. The average molecular weight is 1270 g/mol. The fourth-order valence-corrected chi connectivity index (χ4v) is 12.6. The van der Waals surface area contributed by atoms with Gasteiger partial charge in [-0.15, -0.1) is 0 Å². The van der Waals surface area contributed by atoms with Gasteiger partial charge in [0.2, 0.25) is 0 Å². The summed E-state index contributed by atoms with van der Waals surface area (Å²) < 4.78 is 33.3. The highest BCUT2D eigenvalue weighted by atomic mass is 31.2. The van der Waals surface area contributed by atoms with Crippen LogP contribution in [0, 0.1) is 0 Å². The second kappa shape index (κ2) is 75.0. The number of phosphoric ester groups is 1. The average Bonchev–Trinajstić information content (AvgIpc) is 3.68. The van der Waals surface area contributed by atoms with Crippen LogP contribution in [0.15, 0.2) is 48.6 Å². The molecule has 0 amide bonds. The van der Waals surface area contributed by atoms with E-state index < -0.39 is 26.5 Å². The maximum Gasteiger partial charge on any atom is 0.472 e. The molecular formula is C79H150NO8P. The quantitative estimate of drug-likeness (QED) is 0.0264. The van der Waals surface area contributed by atoms with Gasteiger partial charge in [-0.2, -0.15) is 0 Å². The minimum absolute atomic E-state index is 0.0548. The first kappa shape index (κ1) is 87.0. The Labute approximate surface area is 553 Å². The van der Waals surface area contributed by atoms with Crippen molar-refractivity contribution in [3.63, 3.8) is 0 Å². The van der Waals surface area contributed by atoms with Gasteiger partial charge >= 0.3 is 19.8 Å². The van der Waals surface area contributed by atoms with E-state index in [0.29, 0.717) is 6.42 Å². The van der Waals surface area contributed by atoms with Gasteiger partial charge in [0.05, 0.1) is 13.2 Å². The van der Waals surface area contributed by atoms with Crippen LogP contribution in [-0.4, -0.2) is 49.3 Å². The minimum atomic E-state index is -4.39. The second-order valence-electron chi connectivity index (χ2n) is 26.6.